The first-order chi connectivity index (χ1) is 11.2. The Labute approximate surface area is 136 Å². The Hall–Kier alpha value is -2.27. The highest BCUT2D eigenvalue weighted by Gasteiger charge is 2.48. The van der Waals surface area contributed by atoms with Gasteiger partial charge in [0.1, 0.15) is 0 Å². The zero-order valence-electron chi connectivity index (χ0n) is 13.1. The van der Waals surface area contributed by atoms with Crippen LogP contribution in [0.3, 0.4) is 0 Å². The van der Waals surface area contributed by atoms with E-state index in [2.05, 4.69) is 20.9 Å². The van der Waals surface area contributed by atoms with Crippen LogP contribution in [0.25, 0.3) is 0 Å². The van der Waals surface area contributed by atoms with E-state index in [0.717, 1.165) is 44.8 Å². The van der Waals surface area contributed by atoms with Gasteiger partial charge in [0.05, 0.1) is 11.3 Å². The molecule has 1 amide bonds. The summed E-state index contributed by atoms with van der Waals surface area (Å²) in [7, 11) is 0. The van der Waals surface area contributed by atoms with Gasteiger partial charge in [0.15, 0.2) is 0 Å². The van der Waals surface area contributed by atoms with Crippen molar-refractivity contribution in [3.63, 3.8) is 0 Å². The van der Waals surface area contributed by atoms with Crippen LogP contribution >= 0.6 is 0 Å². The van der Waals surface area contributed by atoms with Crippen molar-refractivity contribution in [2.45, 2.75) is 13.0 Å². The number of hydrogen-bond acceptors (Lipinski definition) is 4. The lowest BCUT2D eigenvalue weighted by Crippen LogP contribution is -2.57. The molecule has 0 bridgehead atoms. The fraction of sp³-hybridized carbons (Fsp3) is 0.389. The molecule has 0 unspecified atom stereocenters. The fourth-order valence-corrected chi connectivity index (χ4v) is 3.77. The van der Waals surface area contributed by atoms with Crippen LogP contribution in [-0.4, -0.2) is 51.9 Å². The highest BCUT2D eigenvalue weighted by atomic mass is 16.2. The maximum atomic E-state index is 12.5. The van der Waals surface area contributed by atoms with Gasteiger partial charge in [-0.3, -0.25) is 19.7 Å². The molecule has 0 aliphatic carbocycles. The lowest BCUT2D eigenvalue weighted by molar-refractivity contribution is 0.00177. The van der Waals surface area contributed by atoms with Crippen LogP contribution in [0.2, 0.25) is 0 Å². The average molecular weight is 308 g/mol. The molecule has 5 nitrogen and oxygen atoms in total. The van der Waals surface area contributed by atoms with E-state index in [1.165, 1.54) is 0 Å². The number of hydrogen-bond donors (Lipinski definition) is 0. The molecular weight excluding hydrogens is 288 g/mol. The molecule has 0 saturated carbocycles. The van der Waals surface area contributed by atoms with Crippen LogP contribution < -0.4 is 0 Å². The van der Waals surface area contributed by atoms with Gasteiger partial charge in [-0.25, -0.2) is 0 Å². The SMILES string of the molecule is O=C(c1cccnc1)N1CCC2(CN(Cc3ccccn3)C2)C1. The molecule has 2 aromatic heterocycles. The number of rotatable bonds is 3. The molecule has 0 N–H and O–H groups in total. The minimum absolute atomic E-state index is 0.109. The first-order valence-electron chi connectivity index (χ1n) is 8.06. The lowest BCUT2D eigenvalue weighted by Gasteiger charge is -2.48. The number of pyridine rings is 2. The molecule has 0 atom stereocenters. The van der Waals surface area contributed by atoms with Crippen molar-refractivity contribution in [3.05, 3.63) is 60.2 Å². The van der Waals surface area contributed by atoms with E-state index in [9.17, 15) is 4.79 Å². The Kier molecular flexibility index (Phi) is 3.58. The summed E-state index contributed by atoms with van der Waals surface area (Å²) >= 11 is 0. The molecular formula is C18H20N4O. The van der Waals surface area contributed by atoms with Crippen LogP contribution in [-0.2, 0) is 6.54 Å². The molecule has 2 aromatic rings. The standard InChI is InChI=1S/C18H20N4O/c23-17(15-4-3-7-19-10-15)22-9-6-18(14-22)12-21(13-18)11-16-5-1-2-8-20-16/h1-5,7-8,10H,6,9,11-14H2. The largest absolute Gasteiger partial charge is 0.338 e. The summed E-state index contributed by atoms with van der Waals surface area (Å²) in [5.41, 5.74) is 2.09. The highest BCUT2D eigenvalue weighted by Crippen LogP contribution is 2.40. The molecule has 23 heavy (non-hydrogen) atoms. The monoisotopic (exact) mass is 308 g/mol. The van der Waals surface area contributed by atoms with Crippen LogP contribution in [0.5, 0.6) is 0 Å². The number of aromatic nitrogens is 2. The van der Waals surface area contributed by atoms with E-state index >= 15 is 0 Å². The molecule has 2 aliphatic heterocycles. The minimum atomic E-state index is 0.109. The van der Waals surface area contributed by atoms with E-state index in [-0.39, 0.29) is 11.3 Å². The topological polar surface area (TPSA) is 49.3 Å². The summed E-state index contributed by atoms with van der Waals surface area (Å²) in [5, 5.41) is 0. The molecule has 4 rings (SSSR count). The second kappa shape index (κ2) is 5.74. The predicted molar refractivity (Wildman–Crippen MR) is 86.7 cm³/mol. The van der Waals surface area contributed by atoms with Crippen molar-refractivity contribution in [1.82, 2.24) is 19.8 Å². The van der Waals surface area contributed by atoms with Crippen molar-refractivity contribution < 1.29 is 4.79 Å². The van der Waals surface area contributed by atoms with Crippen molar-refractivity contribution in [3.8, 4) is 0 Å². The van der Waals surface area contributed by atoms with Gasteiger partial charge in [0.25, 0.3) is 5.91 Å². The number of carbonyl (C=O) groups excluding carboxylic acids is 1. The number of amides is 1. The summed E-state index contributed by atoms with van der Waals surface area (Å²) in [5.74, 6) is 0.109. The van der Waals surface area contributed by atoms with Crippen LogP contribution in [0.1, 0.15) is 22.5 Å². The van der Waals surface area contributed by atoms with Crippen LogP contribution in [0.15, 0.2) is 48.9 Å². The lowest BCUT2D eigenvalue weighted by atomic mass is 9.79. The average Bonchev–Trinajstić information content (AvgIpc) is 3.01. The van der Waals surface area contributed by atoms with Gasteiger partial charge in [-0.2, -0.15) is 0 Å². The van der Waals surface area contributed by atoms with Crippen LogP contribution in [0, 0.1) is 5.41 Å². The zero-order chi connectivity index (χ0) is 15.7. The van der Waals surface area contributed by atoms with Gasteiger partial charge in [-0.05, 0) is 30.7 Å². The molecule has 0 aromatic carbocycles. The Bertz CT molecular complexity index is 683. The first-order valence-corrected chi connectivity index (χ1v) is 8.06. The highest BCUT2D eigenvalue weighted by molar-refractivity contribution is 5.94. The summed E-state index contributed by atoms with van der Waals surface area (Å²) in [6, 6.07) is 9.70. The van der Waals surface area contributed by atoms with Crippen molar-refractivity contribution in [1.29, 1.82) is 0 Å². The molecule has 4 heterocycles. The van der Waals surface area contributed by atoms with E-state index < -0.39 is 0 Å². The van der Waals surface area contributed by atoms with Gasteiger partial charge in [-0.1, -0.05) is 6.07 Å². The maximum absolute atomic E-state index is 12.5. The van der Waals surface area contributed by atoms with Crippen molar-refractivity contribution >= 4 is 5.91 Å². The fourth-order valence-electron chi connectivity index (χ4n) is 3.77. The van der Waals surface area contributed by atoms with Gasteiger partial charge in [-0.15, -0.1) is 0 Å². The smallest absolute Gasteiger partial charge is 0.255 e. The molecule has 2 saturated heterocycles. The summed E-state index contributed by atoms with van der Waals surface area (Å²) < 4.78 is 0. The Balaban J connectivity index is 1.34. The van der Waals surface area contributed by atoms with E-state index in [4.69, 9.17) is 0 Å². The second-order valence-corrected chi connectivity index (χ2v) is 6.68. The Morgan fingerprint density at radius 1 is 1.13 bits per heavy atom. The van der Waals surface area contributed by atoms with Gasteiger partial charge < -0.3 is 4.90 Å². The molecule has 5 heteroatoms. The molecule has 0 radical (unpaired) electrons. The molecule has 1 spiro atoms. The van der Waals surface area contributed by atoms with Gasteiger partial charge in [0.2, 0.25) is 0 Å². The maximum Gasteiger partial charge on any atom is 0.255 e. The number of likely N-dealkylation sites (tertiary alicyclic amines) is 2. The molecule has 2 fully saturated rings. The quantitative estimate of drug-likeness (QED) is 0.868. The van der Waals surface area contributed by atoms with E-state index in [1.807, 2.05) is 35.4 Å². The molecule has 118 valence electrons. The first kappa shape index (κ1) is 14.3. The Morgan fingerprint density at radius 3 is 2.78 bits per heavy atom. The predicted octanol–water partition coefficient (Wildman–Crippen LogP) is 1.82. The zero-order valence-corrected chi connectivity index (χ0v) is 13.1. The van der Waals surface area contributed by atoms with Crippen LogP contribution in [0.4, 0.5) is 0 Å². The third-order valence-electron chi connectivity index (χ3n) is 4.86. The third kappa shape index (κ3) is 2.84. The summed E-state index contributed by atoms with van der Waals surface area (Å²) in [6.07, 6.45) is 6.29. The van der Waals surface area contributed by atoms with Gasteiger partial charge in [0, 0.05) is 56.7 Å². The summed E-state index contributed by atoms with van der Waals surface area (Å²) in [6.45, 7) is 4.73. The third-order valence-corrected chi connectivity index (χ3v) is 4.86. The summed E-state index contributed by atoms with van der Waals surface area (Å²) in [4.78, 5) is 25.3. The normalized spacial score (nSPS) is 19.7. The van der Waals surface area contributed by atoms with E-state index in [0.29, 0.717) is 5.56 Å². The van der Waals surface area contributed by atoms with E-state index in [1.54, 1.807) is 12.4 Å². The molecule has 2 aliphatic rings. The second-order valence-electron chi connectivity index (χ2n) is 6.68. The van der Waals surface area contributed by atoms with Crippen molar-refractivity contribution in [2.24, 2.45) is 5.41 Å². The van der Waals surface area contributed by atoms with Gasteiger partial charge >= 0.3 is 0 Å². The number of nitrogens with zero attached hydrogens (tertiary/aromatic N) is 4. The minimum Gasteiger partial charge on any atom is -0.338 e. The Morgan fingerprint density at radius 2 is 2.04 bits per heavy atom. The van der Waals surface area contributed by atoms with Crippen molar-refractivity contribution in [2.75, 3.05) is 26.2 Å². The number of carbonyl (C=O) groups is 1.